The van der Waals surface area contributed by atoms with E-state index in [9.17, 15) is 9.18 Å². The zero-order valence-electron chi connectivity index (χ0n) is 14.2. The number of nitrogens with two attached hydrogens (primary N) is 1. The van der Waals surface area contributed by atoms with Crippen LogP contribution < -0.4 is 10.2 Å². The molecule has 6 heteroatoms. The fourth-order valence-electron chi connectivity index (χ4n) is 1.67. The molecule has 0 saturated carbocycles. The average molecular weight is 327 g/mol. The summed E-state index contributed by atoms with van der Waals surface area (Å²) in [4.78, 5) is 11.3. The quantitative estimate of drug-likeness (QED) is 0.666. The topological polar surface area (TPSA) is 61.5 Å². The van der Waals surface area contributed by atoms with E-state index in [0.717, 1.165) is 0 Å². The van der Waals surface area contributed by atoms with Crippen molar-refractivity contribution in [3.05, 3.63) is 29.6 Å². The highest BCUT2D eigenvalue weighted by Crippen LogP contribution is 2.38. The molecule has 124 valence electrons. The van der Waals surface area contributed by atoms with Crippen LogP contribution >= 0.6 is 0 Å². The smallest absolute Gasteiger partial charge is 0.322 e. The first-order chi connectivity index (χ1) is 9.98. The van der Waals surface area contributed by atoms with Gasteiger partial charge < -0.3 is 14.9 Å². The number of ether oxygens (including phenoxy) is 1. The molecule has 0 spiro atoms. The Labute approximate surface area is 132 Å². The van der Waals surface area contributed by atoms with E-state index in [1.54, 1.807) is 12.1 Å². The van der Waals surface area contributed by atoms with Gasteiger partial charge in [-0.15, -0.1) is 0 Å². The number of carbonyl (C=O) groups is 1. The molecule has 1 aromatic rings. The van der Waals surface area contributed by atoms with Crippen LogP contribution in [-0.4, -0.2) is 27.4 Å². The molecule has 0 radical (unpaired) electrons. The Morgan fingerprint density at radius 3 is 2.41 bits per heavy atom. The van der Waals surface area contributed by atoms with Crippen LogP contribution in [-0.2, 0) is 16.0 Å². The lowest BCUT2D eigenvalue weighted by atomic mass is 10.1. The van der Waals surface area contributed by atoms with Gasteiger partial charge in [0.05, 0.1) is 7.11 Å². The first-order valence-electron chi connectivity index (χ1n) is 7.29. The number of esters is 1. The molecule has 0 aromatic heterocycles. The number of methoxy groups -OCH3 is 1. The number of rotatable bonds is 5. The van der Waals surface area contributed by atoms with E-state index in [-0.39, 0.29) is 17.2 Å². The molecule has 1 aromatic carbocycles. The highest BCUT2D eigenvalue weighted by Gasteiger charge is 2.39. The van der Waals surface area contributed by atoms with Crippen LogP contribution in [0.1, 0.15) is 26.3 Å². The van der Waals surface area contributed by atoms with Crippen molar-refractivity contribution in [2.45, 2.75) is 51.4 Å². The van der Waals surface area contributed by atoms with Crippen LogP contribution in [0.2, 0.25) is 18.1 Å². The summed E-state index contributed by atoms with van der Waals surface area (Å²) in [6.07, 6.45) is 0.226. The van der Waals surface area contributed by atoms with Gasteiger partial charge in [-0.1, -0.05) is 26.8 Å². The predicted molar refractivity (Wildman–Crippen MR) is 87.9 cm³/mol. The summed E-state index contributed by atoms with van der Waals surface area (Å²) in [5.41, 5.74) is 6.32. The second-order valence-electron chi connectivity index (χ2n) is 6.96. The maximum atomic E-state index is 14.2. The van der Waals surface area contributed by atoms with E-state index in [0.29, 0.717) is 5.56 Å². The van der Waals surface area contributed by atoms with Gasteiger partial charge in [0, 0.05) is 0 Å². The summed E-state index contributed by atoms with van der Waals surface area (Å²) >= 11 is 0. The van der Waals surface area contributed by atoms with Gasteiger partial charge in [0.15, 0.2) is 5.82 Å². The molecule has 0 aliphatic carbocycles. The number of hydrogen-bond acceptors (Lipinski definition) is 4. The van der Waals surface area contributed by atoms with Crippen molar-refractivity contribution < 1.29 is 18.3 Å². The Balaban J connectivity index is 2.89. The molecule has 0 amide bonds. The highest BCUT2D eigenvalue weighted by molar-refractivity contribution is 6.74. The summed E-state index contributed by atoms with van der Waals surface area (Å²) in [6, 6.07) is 3.91. The zero-order valence-corrected chi connectivity index (χ0v) is 15.2. The largest absolute Gasteiger partial charge is 0.542 e. The molecule has 0 fully saturated rings. The van der Waals surface area contributed by atoms with Crippen LogP contribution in [0.4, 0.5) is 4.39 Å². The number of hydrogen-bond donors (Lipinski definition) is 1. The molecule has 0 bridgehead atoms. The monoisotopic (exact) mass is 327 g/mol. The summed E-state index contributed by atoms with van der Waals surface area (Å²) in [6.45, 7) is 10.4. The molecule has 4 nitrogen and oxygen atoms in total. The second kappa shape index (κ2) is 6.79. The Hall–Kier alpha value is -1.40. The van der Waals surface area contributed by atoms with Gasteiger partial charge in [0.25, 0.3) is 8.32 Å². The molecule has 2 N–H and O–H groups in total. The molecule has 0 aliphatic rings. The normalized spacial score (nSPS) is 13.6. The van der Waals surface area contributed by atoms with Gasteiger partial charge in [0.2, 0.25) is 0 Å². The van der Waals surface area contributed by atoms with Crippen LogP contribution in [0.3, 0.4) is 0 Å². The van der Waals surface area contributed by atoms with E-state index in [4.69, 9.17) is 10.2 Å². The molecule has 22 heavy (non-hydrogen) atoms. The zero-order chi connectivity index (χ0) is 17.1. The number of halogens is 1. The summed E-state index contributed by atoms with van der Waals surface area (Å²) in [5, 5.41) is -0.00858. The third-order valence-electron chi connectivity index (χ3n) is 4.13. The van der Waals surface area contributed by atoms with Crippen molar-refractivity contribution in [1.82, 2.24) is 0 Å². The lowest BCUT2D eigenvalue weighted by Crippen LogP contribution is -2.44. The van der Waals surface area contributed by atoms with Crippen molar-refractivity contribution in [3.63, 3.8) is 0 Å². The average Bonchev–Trinajstić information content (AvgIpc) is 2.39. The Morgan fingerprint density at radius 2 is 1.95 bits per heavy atom. The van der Waals surface area contributed by atoms with E-state index in [2.05, 4.69) is 38.6 Å². The fraction of sp³-hybridized carbons (Fsp3) is 0.562. The minimum Gasteiger partial charge on any atom is -0.542 e. The Bertz CT molecular complexity index is 541. The summed E-state index contributed by atoms with van der Waals surface area (Å²) in [5.74, 6) is -0.691. The maximum Gasteiger partial charge on any atom is 0.322 e. The second-order valence-corrected chi connectivity index (χ2v) is 11.7. The first-order valence-corrected chi connectivity index (χ1v) is 10.2. The lowest BCUT2D eigenvalue weighted by Gasteiger charge is -2.36. The van der Waals surface area contributed by atoms with E-state index in [1.165, 1.54) is 13.2 Å². The van der Waals surface area contributed by atoms with Crippen molar-refractivity contribution in [1.29, 1.82) is 0 Å². The predicted octanol–water partition coefficient (Wildman–Crippen LogP) is 3.25. The SMILES string of the molecule is COC(=O)C(N)Cc1ccc(O[Si](C)(C)C(C)(C)C)c(F)c1. The number of benzene rings is 1. The third kappa shape index (κ3) is 4.54. The third-order valence-corrected chi connectivity index (χ3v) is 8.47. The van der Waals surface area contributed by atoms with Crippen LogP contribution in [0.25, 0.3) is 0 Å². The van der Waals surface area contributed by atoms with Crippen molar-refractivity contribution in [2.75, 3.05) is 7.11 Å². The van der Waals surface area contributed by atoms with Gasteiger partial charge in [-0.3, -0.25) is 4.79 Å². The minimum atomic E-state index is -2.09. The van der Waals surface area contributed by atoms with E-state index in [1.807, 2.05) is 0 Å². The van der Waals surface area contributed by atoms with E-state index >= 15 is 0 Å². The van der Waals surface area contributed by atoms with Crippen molar-refractivity contribution in [2.24, 2.45) is 5.73 Å². The van der Waals surface area contributed by atoms with Gasteiger partial charge in [-0.25, -0.2) is 4.39 Å². The summed E-state index contributed by atoms with van der Waals surface area (Å²) in [7, 11) is -0.812. The molecule has 1 rings (SSSR count). The fourth-order valence-corrected chi connectivity index (χ4v) is 2.69. The summed E-state index contributed by atoms with van der Waals surface area (Å²) < 4.78 is 24.8. The molecule has 1 atom stereocenters. The minimum absolute atomic E-state index is 0.00858. The first kappa shape index (κ1) is 18.6. The Kier molecular flexibility index (Phi) is 5.75. The lowest BCUT2D eigenvalue weighted by molar-refractivity contribution is -0.142. The molecule has 0 saturated heterocycles. The van der Waals surface area contributed by atoms with Crippen LogP contribution in [0, 0.1) is 5.82 Å². The van der Waals surface area contributed by atoms with Crippen LogP contribution in [0.5, 0.6) is 5.75 Å². The molecular weight excluding hydrogens is 301 g/mol. The van der Waals surface area contributed by atoms with Gasteiger partial charge in [0.1, 0.15) is 11.8 Å². The molecule has 0 heterocycles. The Morgan fingerprint density at radius 1 is 1.36 bits per heavy atom. The molecule has 0 aliphatic heterocycles. The number of carbonyl (C=O) groups excluding carboxylic acids is 1. The maximum absolute atomic E-state index is 14.2. The van der Waals surface area contributed by atoms with Crippen LogP contribution in [0.15, 0.2) is 18.2 Å². The van der Waals surface area contributed by atoms with E-state index < -0.39 is 26.1 Å². The van der Waals surface area contributed by atoms with Gasteiger partial charge in [-0.05, 0) is 42.2 Å². The molecular formula is C16H26FNO3Si. The van der Waals surface area contributed by atoms with Crippen molar-refractivity contribution >= 4 is 14.3 Å². The van der Waals surface area contributed by atoms with Crippen molar-refractivity contribution in [3.8, 4) is 5.75 Å². The molecule has 1 unspecified atom stereocenters. The van der Waals surface area contributed by atoms with Gasteiger partial charge in [-0.2, -0.15) is 0 Å². The van der Waals surface area contributed by atoms with Gasteiger partial charge >= 0.3 is 5.97 Å². The standard InChI is InChI=1S/C16H26FNO3Si/c1-16(2,3)22(5,6)21-14-8-7-11(9-12(14)17)10-13(18)15(19)20-4/h7-9,13H,10,18H2,1-6H3. The highest BCUT2D eigenvalue weighted by atomic mass is 28.4.